The van der Waals surface area contributed by atoms with Crippen molar-refractivity contribution in [2.24, 2.45) is 10.2 Å². The molecule has 0 unspecified atom stereocenters. The highest BCUT2D eigenvalue weighted by Gasteiger charge is 2.20. The minimum Gasteiger partial charge on any atom is -0.469 e. The van der Waals surface area contributed by atoms with Gasteiger partial charge in [-0.15, -0.1) is 0 Å². The van der Waals surface area contributed by atoms with Crippen molar-refractivity contribution in [2.75, 3.05) is 13.1 Å². The van der Waals surface area contributed by atoms with E-state index in [1.54, 1.807) is 12.1 Å². The number of hydrogen-bond acceptors (Lipinski definition) is 5. The summed E-state index contributed by atoms with van der Waals surface area (Å²) >= 11 is 0. The molecule has 1 aromatic rings. The number of azo groups is 1. The van der Waals surface area contributed by atoms with Crippen LogP contribution < -0.4 is 0 Å². The first-order valence-electron chi connectivity index (χ1n) is 5.42. The molecule has 0 spiro atoms. The minimum absolute atomic E-state index is 0.198. The Morgan fingerprint density at radius 3 is 2.71 bits per heavy atom. The highest BCUT2D eigenvalue weighted by Crippen LogP contribution is 2.18. The molecular formula is C11H17N3O3. The molecule has 6 nitrogen and oxygen atoms in total. The minimum atomic E-state index is -0.361. The maximum atomic E-state index is 10.6. The Kier molecular flexibility index (Phi) is 4.37. The molecule has 0 fully saturated rings. The van der Waals surface area contributed by atoms with E-state index in [2.05, 4.69) is 10.2 Å². The predicted octanol–water partition coefficient (Wildman–Crippen LogP) is 2.89. The van der Waals surface area contributed by atoms with Gasteiger partial charge in [0.25, 0.3) is 0 Å². The van der Waals surface area contributed by atoms with Gasteiger partial charge in [0.05, 0.1) is 18.3 Å². The monoisotopic (exact) mass is 239 g/mol. The van der Waals surface area contributed by atoms with Crippen LogP contribution in [0.4, 0.5) is 0 Å². The van der Waals surface area contributed by atoms with Gasteiger partial charge in [-0.05, 0) is 32.9 Å². The van der Waals surface area contributed by atoms with Crippen LogP contribution >= 0.6 is 0 Å². The molecule has 94 valence electrons. The summed E-state index contributed by atoms with van der Waals surface area (Å²) in [5, 5.41) is 18.6. The van der Waals surface area contributed by atoms with Gasteiger partial charge in [-0.25, -0.2) is 0 Å². The Balaban J connectivity index is 2.66. The molecular weight excluding hydrogens is 222 g/mol. The van der Waals surface area contributed by atoms with Gasteiger partial charge >= 0.3 is 0 Å². The third-order valence-corrected chi connectivity index (χ3v) is 1.99. The molecule has 1 rings (SSSR count). The first kappa shape index (κ1) is 13.3. The van der Waals surface area contributed by atoms with E-state index in [9.17, 15) is 10.1 Å². The SMILES string of the molecule is CC(C)(C)N=NC[C@H](C[N+](=O)[O-])c1ccco1. The van der Waals surface area contributed by atoms with E-state index >= 15 is 0 Å². The number of rotatable bonds is 5. The molecule has 0 saturated carbocycles. The number of nitrogens with zero attached hydrogens (tertiary/aromatic N) is 3. The molecule has 1 heterocycles. The van der Waals surface area contributed by atoms with E-state index in [-0.39, 0.29) is 29.5 Å². The summed E-state index contributed by atoms with van der Waals surface area (Å²) < 4.78 is 5.17. The maximum Gasteiger partial charge on any atom is 0.215 e. The van der Waals surface area contributed by atoms with Crippen LogP contribution in [0.25, 0.3) is 0 Å². The normalized spacial score (nSPS) is 14.1. The number of furan rings is 1. The van der Waals surface area contributed by atoms with Crippen molar-refractivity contribution in [3.63, 3.8) is 0 Å². The van der Waals surface area contributed by atoms with Crippen molar-refractivity contribution in [1.29, 1.82) is 0 Å². The first-order chi connectivity index (χ1) is 7.88. The highest BCUT2D eigenvalue weighted by atomic mass is 16.6. The summed E-state index contributed by atoms with van der Waals surface area (Å²) in [6.07, 6.45) is 1.50. The summed E-state index contributed by atoms with van der Waals surface area (Å²) in [4.78, 5) is 10.2. The zero-order chi connectivity index (χ0) is 12.9. The zero-order valence-electron chi connectivity index (χ0n) is 10.3. The quantitative estimate of drug-likeness (QED) is 0.450. The third kappa shape index (κ3) is 5.24. The Morgan fingerprint density at radius 2 is 2.24 bits per heavy atom. The van der Waals surface area contributed by atoms with Crippen LogP contribution in [0.3, 0.4) is 0 Å². The molecule has 17 heavy (non-hydrogen) atoms. The number of hydrogen-bond donors (Lipinski definition) is 0. The fourth-order valence-electron chi connectivity index (χ4n) is 1.29. The fourth-order valence-corrected chi connectivity index (χ4v) is 1.29. The van der Waals surface area contributed by atoms with Gasteiger partial charge in [0.2, 0.25) is 6.54 Å². The van der Waals surface area contributed by atoms with E-state index in [0.29, 0.717) is 5.76 Å². The predicted molar refractivity (Wildman–Crippen MR) is 62.8 cm³/mol. The van der Waals surface area contributed by atoms with Gasteiger partial charge < -0.3 is 4.42 Å². The van der Waals surface area contributed by atoms with Crippen molar-refractivity contribution < 1.29 is 9.34 Å². The average molecular weight is 239 g/mol. The lowest BCUT2D eigenvalue weighted by molar-refractivity contribution is -0.483. The first-order valence-corrected chi connectivity index (χ1v) is 5.42. The van der Waals surface area contributed by atoms with Crippen molar-refractivity contribution in [3.8, 4) is 0 Å². The maximum absolute atomic E-state index is 10.6. The van der Waals surface area contributed by atoms with Gasteiger partial charge in [-0.1, -0.05) is 0 Å². The molecule has 6 heteroatoms. The lowest BCUT2D eigenvalue weighted by Crippen LogP contribution is -2.15. The Labute approximate surface area is 99.9 Å². The molecule has 0 bridgehead atoms. The standard InChI is InChI=1S/C11H17N3O3/c1-11(2,3)13-12-7-9(8-14(15)16)10-5-4-6-17-10/h4-6,9H,7-8H2,1-3H3/t9-/m1/s1. The van der Waals surface area contributed by atoms with Crippen LogP contribution in [-0.2, 0) is 0 Å². The Bertz CT molecular complexity index is 379. The van der Waals surface area contributed by atoms with Crippen LogP contribution in [0.2, 0.25) is 0 Å². The van der Waals surface area contributed by atoms with Crippen LogP contribution in [-0.4, -0.2) is 23.6 Å². The highest BCUT2D eigenvalue weighted by molar-refractivity contribution is 5.05. The van der Waals surface area contributed by atoms with Crippen LogP contribution in [0.5, 0.6) is 0 Å². The Morgan fingerprint density at radius 1 is 1.53 bits per heavy atom. The van der Waals surface area contributed by atoms with E-state index in [4.69, 9.17) is 4.42 Å². The van der Waals surface area contributed by atoms with Gasteiger partial charge in [-0.2, -0.15) is 10.2 Å². The summed E-state index contributed by atoms with van der Waals surface area (Å²) in [6.45, 7) is 5.84. The molecule has 0 aromatic carbocycles. The van der Waals surface area contributed by atoms with Gasteiger partial charge in [0.1, 0.15) is 11.7 Å². The molecule has 0 amide bonds. The molecule has 0 saturated heterocycles. The second-order valence-corrected chi connectivity index (χ2v) is 4.82. The molecule has 1 atom stereocenters. The second-order valence-electron chi connectivity index (χ2n) is 4.82. The molecule has 0 N–H and O–H groups in total. The lowest BCUT2D eigenvalue weighted by Gasteiger charge is -2.10. The second kappa shape index (κ2) is 5.56. The third-order valence-electron chi connectivity index (χ3n) is 1.99. The largest absolute Gasteiger partial charge is 0.469 e. The van der Waals surface area contributed by atoms with E-state index in [1.807, 2.05) is 20.8 Å². The summed E-state index contributed by atoms with van der Waals surface area (Å²) in [5.74, 6) is 0.223. The van der Waals surface area contributed by atoms with Gasteiger partial charge in [0.15, 0.2) is 0 Å². The van der Waals surface area contributed by atoms with E-state index < -0.39 is 0 Å². The van der Waals surface area contributed by atoms with E-state index in [0.717, 1.165) is 0 Å². The topological polar surface area (TPSA) is 81.0 Å². The molecule has 0 aliphatic heterocycles. The molecule has 1 aromatic heterocycles. The van der Waals surface area contributed by atoms with Crippen LogP contribution in [0.1, 0.15) is 32.4 Å². The molecule has 0 aliphatic carbocycles. The zero-order valence-corrected chi connectivity index (χ0v) is 10.3. The fraction of sp³-hybridized carbons (Fsp3) is 0.636. The Hall–Kier alpha value is -1.72. The van der Waals surface area contributed by atoms with Crippen molar-refractivity contribution in [2.45, 2.75) is 32.2 Å². The lowest BCUT2D eigenvalue weighted by atomic mass is 10.1. The molecule has 0 radical (unpaired) electrons. The summed E-state index contributed by atoms with van der Waals surface area (Å²) in [7, 11) is 0. The average Bonchev–Trinajstić information content (AvgIpc) is 2.66. The van der Waals surface area contributed by atoms with Crippen LogP contribution in [0, 0.1) is 10.1 Å². The van der Waals surface area contributed by atoms with Gasteiger partial charge in [-0.3, -0.25) is 10.1 Å². The molecule has 0 aliphatic rings. The van der Waals surface area contributed by atoms with Crippen molar-refractivity contribution in [1.82, 2.24) is 0 Å². The number of nitro groups is 1. The summed E-state index contributed by atoms with van der Waals surface area (Å²) in [5.41, 5.74) is -0.262. The summed E-state index contributed by atoms with van der Waals surface area (Å²) in [6, 6.07) is 3.43. The van der Waals surface area contributed by atoms with E-state index in [1.165, 1.54) is 6.26 Å². The van der Waals surface area contributed by atoms with Crippen molar-refractivity contribution >= 4 is 0 Å². The smallest absolute Gasteiger partial charge is 0.215 e. The van der Waals surface area contributed by atoms with Crippen LogP contribution in [0.15, 0.2) is 33.0 Å². The van der Waals surface area contributed by atoms with Gasteiger partial charge in [0, 0.05) is 4.92 Å². The van der Waals surface area contributed by atoms with Crippen molar-refractivity contribution in [3.05, 3.63) is 34.3 Å².